The van der Waals surface area contributed by atoms with Gasteiger partial charge in [-0.1, -0.05) is 20.8 Å². The van der Waals surface area contributed by atoms with Gasteiger partial charge in [-0.05, 0) is 12.1 Å². The van der Waals surface area contributed by atoms with Gasteiger partial charge in [-0.25, -0.2) is 8.42 Å². The molecule has 2 aromatic rings. The van der Waals surface area contributed by atoms with E-state index in [2.05, 4.69) is 0 Å². The summed E-state index contributed by atoms with van der Waals surface area (Å²) in [4.78, 5) is 22.4. The lowest BCUT2D eigenvalue weighted by Gasteiger charge is -2.13. The van der Waals surface area contributed by atoms with Crippen molar-refractivity contribution in [2.45, 2.75) is 31.1 Å². The molecule has 1 aromatic carbocycles. The summed E-state index contributed by atoms with van der Waals surface area (Å²) in [5, 5.41) is 20.2. The first-order chi connectivity index (χ1) is 11.5. The smallest absolute Gasteiger partial charge is 0.297 e. The maximum absolute atomic E-state index is 12.1. The van der Waals surface area contributed by atoms with Crippen LogP contribution >= 0.6 is 0 Å². The minimum Gasteiger partial charge on any atom is -0.395 e. The van der Waals surface area contributed by atoms with E-state index in [0.29, 0.717) is 5.76 Å². The topological polar surface area (TPSA) is 133 Å². The van der Waals surface area contributed by atoms with Crippen LogP contribution < -0.4 is 5.56 Å². The average molecular weight is 370 g/mol. The second-order valence-electron chi connectivity index (χ2n) is 6.43. The Hall–Kier alpha value is -2.46. The van der Waals surface area contributed by atoms with Crippen molar-refractivity contribution in [1.29, 1.82) is 0 Å². The summed E-state index contributed by atoms with van der Waals surface area (Å²) in [7, 11) is -3.87. The molecule has 1 aromatic heterocycles. The Balaban J connectivity index is 2.66. The van der Waals surface area contributed by atoms with E-state index in [1.165, 1.54) is 6.07 Å². The molecule has 0 aliphatic carbocycles. The number of aliphatic hydroxyl groups excluding tert-OH is 1. The lowest BCUT2D eigenvalue weighted by atomic mass is 9.94. The number of nitro groups is 1. The fourth-order valence-electron chi connectivity index (χ4n) is 2.11. The molecule has 0 aliphatic rings. The molecule has 10 heteroatoms. The Labute approximate surface area is 143 Å². The SMILES string of the molecule is CC(C)(C)c1cc(=O)n(-c2ccc(S(=O)(=O)CCO)cc2[N+](=O)[O-])o1. The van der Waals surface area contributed by atoms with Crippen molar-refractivity contribution in [3.8, 4) is 5.69 Å². The summed E-state index contributed by atoms with van der Waals surface area (Å²) in [6.45, 7) is 4.84. The first-order valence-electron chi connectivity index (χ1n) is 7.33. The summed E-state index contributed by atoms with van der Waals surface area (Å²) < 4.78 is 30.2. The Morgan fingerprint density at radius 2 is 1.92 bits per heavy atom. The summed E-state index contributed by atoms with van der Waals surface area (Å²) in [5.41, 5.74) is -1.84. The van der Waals surface area contributed by atoms with E-state index in [1.807, 2.05) is 20.8 Å². The van der Waals surface area contributed by atoms with Crippen LogP contribution in [0.15, 0.2) is 38.5 Å². The van der Waals surface area contributed by atoms with Gasteiger partial charge >= 0.3 is 0 Å². The van der Waals surface area contributed by atoms with E-state index in [9.17, 15) is 23.3 Å². The molecule has 0 amide bonds. The molecule has 0 spiro atoms. The standard InChI is InChI=1S/C15H18N2O7S/c1-15(2,3)13-9-14(19)16(24-13)11-5-4-10(8-12(11)17(20)21)25(22,23)7-6-18/h4-5,8-9,18H,6-7H2,1-3H3. The van der Waals surface area contributed by atoms with E-state index < -0.39 is 43.8 Å². The van der Waals surface area contributed by atoms with Crippen molar-refractivity contribution < 1.29 is 23.0 Å². The predicted molar refractivity (Wildman–Crippen MR) is 88.8 cm³/mol. The fourth-order valence-corrected chi connectivity index (χ4v) is 3.16. The second kappa shape index (κ2) is 6.45. The highest BCUT2D eigenvalue weighted by Crippen LogP contribution is 2.28. The maximum Gasteiger partial charge on any atom is 0.297 e. The molecule has 0 radical (unpaired) electrons. The number of sulfone groups is 1. The Bertz CT molecular complexity index is 964. The molecule has 0 aliphatic heterocycles. The highest BCUT2D eigenvalue weighted by atomic mass is 32.2. The second-order valence-corrected chi connectivity index (χ2v) is 8.54. The monoisotopic (exact) mass is 370 g/mol. The van der Waals surface area contributed by atoms with E-state index >= 15 is 0 Å². The number of aromatic nitrogens is 1. The number of aliphatic hydroxyl groups is 1. The lowest BCUT2D eigenvalue weighted by Crippen LogP contribution is -2.14. The molecule has 1 N–H and O–H groups in total. The van der Waals surface area contributed by atoms with Crippen LogP contribution in [0, 0.1) is 10.1 Å². The molecular formula is C15H18N2O7S. The Kier molecular flexibility index (Phi) is 4.87. The molecule has 0 bridgehead atoms. The zero-order valence-electron chi connectivity index (χ0n) is 13.9. The third-order valence-electron chi connectivity index (χ3n) is 3.47. The van der Waals surface area contributed by atoms with Gasteiger partial charge in [0.2, 0.25) is 0 Å². The molecule has 2 rings (SSSR count). The maximum atomic E-state index is 12.1. The summed E-state index contributed by atoms with van der Waals surface area (Å²) in [5.74, 6) is -0.220. The number of rotatable bonds is 5. The first kappa shape index (κ1) is 18.9. The van der Waals surface area contributed by atoms with Gasteiger partial charge in [0.05, 0.1) is 22.2 Å². The van der Waals surface area contributed by atoms with Crippen LogP contribution in [0.1, 0.15) is 26.5 Å². The minimum atomic E-state index is -3.87. The molecule has 0 fully saturated rings. The van der Waals surface area contributed by atoms with Crippen molar-refractivity contribution >= 4 is 15.5 Å². The number of benzene rings is 1. The van der Waals surface area contributed by atoms with E-state index in [4.69, 9.17) is 9.63 Å². The predicted octanol–water partition coefficient (Wildman–Crippen LogP) is 1.40. The van der Waals surface area contributed by atoms with Gasteiger partial charge in [-0.15, -0.1) is 4.74 Å². The number of hydrogen-bond donors (Lipinski definition) is 1. The molecule has 1 heterocycles. The lowest BCUT2D eigenvalue weighted by molar-refractivity contribution is -0.385. The van der Waals surface area contributed by atoms with Gasteiger partial charge in [-0.3, -0.25) is 14.9 Å². The molecular weight excluding hydrogens is 352 g/mol. The summed E-state index contributed by atoms with van der Waals surface area (Å²) >= 11 is 0. The highest BCUT2D eigenvalue weighted by molar-refractivity contribution is 7.91. The summed E-state index contributed by atoms with van der Waals surface area (Å²) in [6.07, 6.45) is 0. The van der Waals surface area contributed by atoms with Gasteiger partial charge in [0.25, 0.3) is 11.2 Å². The van der Waals surface area contributed by atoms with Crippen LogP contribution in [0.25, 0.3) is 5.69 Å². The van der Waals surface area contributed by atoms with Crippen LogP contribution in [0.5, 0.6) is 0 Å². The molecule has 136 valence electrons. The van der Waals surface area contributed by atoms with Crippen molar-refractivity contribution in [3.05, 3.63) is 50.5 Å². The van der Waals surface area contributed by atoms with Crippen LogP contribution in [0.3, 0.4) is 0 Å². The van der Waals surface area contributed by atoms with Gasteiger partial charge in [0, 0.05) is 17.5 Å². The van der Waals surface area contributed by atoms with Gasteiger partial charge in [0.1, 0.15) is 5.76 Å². The third kappa shape index (κ3) is 3.80. The molecule has 9 nitrogen and oxygen atoms in total. The van der Waals surface area contributed by atoms with Crippen molar-refractivity contribution in [2.75, 3.05) is 12.4 Å². The molecule has 25 heavy (non-hydrogen) atoms. The number of nitrogens with zero attached hydrogens (tertiary/aromatic N) is 2. The van der Waals surface area contributed by atoms with Crippen molar-refractivity contribution in [1.82, 2.24) is 4.74 Å². The number of nitro benzene ring substituents is 1. The molecule has 0 saturated heterocycles. The van der Waals surface area contributed by atoms with Gasteiger partial charge in [0.15, 0.2) is 15.5 Å². The van der Waals surface area contributed by atoms with Crippen LogP contribution in [0.2, 0.25) is 0 Å². The minimum absolute atomic E-state index is 0.173. The van der Waals surface area contributed by atoms with Gasteiger partial charge < -0.3 is 9.63 Å². The fraction of sp³-hybridized carbons (Fsp3) is 0.400. The zero-order chi connectivity index (χ0) is 19.0. The Morgan fingerprint density at radius 3 is 2.40 bits per heavy atom. The first-order valence-corrected chi connectivity index (χ1v) is 8.99. The van der Waals surface area contributed by atoms with Crippen LogP contribution in [0.4, 0.5) is 5.69 Å². The van der Waals surface area contributed by atoms with Crippen molar-refractivity contribution in [3.63, 3.8) is 0 Å². The average Bonchev–Trinajstić information content (AvgIpc) is 2.88. The molecule has 0 atom stereocenters. The number of hydrogen-bond acceptors (Lipinski definition) is 7. The zero-order valence-corrected chi connectivity index (χ0v) is 14.7. The van der Waals surface area contributed by atoms with E-state index in [1.54, 1.807) is 0 Å². The Morgan fingerprint density at radius 1 is 1.28 bits per heavy atom. The van der Waals surface area contributed by atoms with E-state index in [-0.39, 0.29) is 10.6 Å². The molecule has 0 unspecified atom stereocenters. The quantitative estimate of drug-likeness (QED) is 0.621. The normalized spacial score (nSPS) is 12.3. The third-order valence-corrected chi connectivity index (χ3v) is 5.16. The van der Waals surface area contributed by atoms with Crippen LogP contribution in [-0.4, -0.2) is 35.5 Å². The summed E-state index contributed by atoms with van der Waals surface area (Å²) in [6, 6.07) is 4.37. The van der Waals surface area contributed by atoms with Crippen LogP contribution in [-0.2, 0) is 15.3 Å². The largest absolute Gasteiger partial charge is 0.395 e. The highest BCUT2D eigenvalue weighted by Gasteiger charge is 2.26. The van der Waals surface area contributed by atoms with Gasteiger partial charge in [-0.2, -0.15) is 0 Å². The van der Waals surface area contributed by atoms with E-state index in [0.717, 1.165) is 22.9 Å². The molecule has 0 saturated carbocycles. The van der Waals surface area contributed by atoms with Crippen molar-refractivity contribution in [2.24, 2.45) is 0 Å².